The third-order valence-corrected chi connectivity index (χ3v) is 1.72. The Morgan fingerprint density at radius 3 is 2.43 bits per heavy atom. The van der Waals surface area contributed by atoms with Crippen LogP contribution in [0.3, 0.4) is 0 Å². The lowest BCUT2D eigenvalue weighted by Crippen LogP contribution is -1.97. The van der Waals surface area contributed by atoms with E-state index in [9.17, 15) is 0 Å². The lowest BCUT2D eigenvalue weighted by atomic mass is 10.5. The van der Waals surface area contributed by atoms with Crippen LogP contribution in [0.5, 0.6) is 0 Å². The third kappa shape index (κ3) is 1.46. The summed E-state index contributed by atoms with van der Waals surface area (Å²) < 4.78 is 1.66. The van der Waals surface area contributed by atoms with Gasteiger partial charge < -0.3 is 11.5 Å². The molecule has 76 valence electrons. The van der Waals surface area contributed by atoms with Gasteiger partial charge in [-0.25, -0.2) is 15.0 Å². The zero-order valence-electron chi connectivity index (χ0n) is 8.52. The maximum Gasteiger partial charge on any atom is 0.202 e. The van der Waals surface area contributed by atoms with Crippen LogP contribution in [0, 0.1) is 0 Å². The number of hydrogen-bond acceptors (Lipinski definition) is 5. The molecule has 0 radical (unpaired) electrons. The van der Waals surface area contributed by atoms with Gasteiger partial charge in [0.2, 0.25) is 5.95 Å². The van der Waals surface area contributed by atoms with Gasteiger partial charge in [0, 0.05) is 7.05 Å². The number of anilines is 2. The Labute approximate surface area is 82.0 Å². The van der Waals surface area contributed by atoms with Gasteiger partial charge in [-0.3, -0.25) is 4.57 Å². The number of rotatable bonds is 0. The number of hydrogen-bond donors (Lipinski definition) is 2. The lowest BCUT2D eigenvalue weighted by Gasteiger charge is -1.94. The van der Waals surface area contributed by atoms with Gasteiger partial charge in [0.25, 0.3) is 0 Å². The van der Waals surface area contributed by atoms with Crippen molar-refractivity contribution >= 4 is 22.9 Å². The Hall–Kier alpha value is -1.85. The monoisotopic (exact) mass is 194 g/mol. The van der Waals surface area contributed by atoms with Crippen molar-refractivity contribution in [1.82, 2.24) is 19.5 Å². The topological polar surface area (TPSA) is 95.6 Å². The van der Waals surface area contributed by atoms with Crippen LogP contribution in [0.2, 0.25) is 0 Å². The van der Waals surface area contributed by atoms with Crippen molar-refractivity contribution in [2.75, 3.05) is 11.5 Å². The van der Waals surface area contributed by atoms with Gasteiger partial charge in [-0.2, -0.15) is 0 Å². The van der Waals surface area contributed by atoms with E-state index in [0.29, 0.717) is 22.9 Å². The van der Waals surface area contributed by atoms with E-state index < -0.39 is 0 Å². The largest absolute Gasteiger partial charge is 0.382 e. The van der Waals surface area contributed by atoms with E-state index in [4.69, 9.17) is 11.5 Å². The Kier molecular flexibility index (Phi) is 2.85. The van der Waals surface area contributed by atoms with Crippen LogP contribution < -0.4 is 11.5 Å². The summed E-state index contributed by atoms with van der Waals surface area (Å²) in [5.41, 5.74) is 12.3. The zero-order valence-corrected chi connectivity index (χ0v) is 8.52. The molecule has 0 aliphatic carbocycles. The maximum absolute atomic E-state index is 5.56. The molecule has 0 saturated carbocycles. The van der Waals surface area contributed by atoms with Gasteiger partial charge in [0.15, 0.2) is 17.0 Å². The smallest absolute Gasteiger partial charge is 0.202 e. The molecule has 0 aliphatic rings. The van der Waals surface area contributed by atoms with Crippen LogP contribution in [0.15, 0.2) is 6.33 Å². The molecule has 0 spiro atoms. The number of aromatic nitrogens is 4. The molecule has 14 heavy (non-hydrogen) atoms. The van der Waals surface area contributed by atoms with Crippen LogP contribution in [-0.2, 0) is 7.05 Å². The van der Waals surface area contributed by atoms with Crippen molar-refractivity contribution in [3.05, 3.63) is 6.33 Å². The minimum Gasteiger partial charge on any atom is -0.382 e. The second-order valence-electron chi connectivity index (χ2n) is 2.46. The number of aryl methyl sites for hydroxylation is 1. The highest BCUT2D eigenvalue weighted by molar-refractivity contribution is 5.83. The van der Waals surface area contributed by atoms with Gasteiger partial charge in [-0.05, 0) is 0 Å². The van der Waals surface area contributed by atoms with Crippen molar-refractivity contribution < 1.29 is 0 Å². The van der Waals surface area contributed by atoms with E-state index in [-0.39, 0.29) is 0 Å². The van der Waals surface area contributed by atoms with Crippen molar-refractivity contribution in [2.24, 2.45) is 7.05 Å². The summed E-state index contributed by atoms with van der Waals surface area (Å²) in [5, 5.41) is 0. The Morgan fingerprint density at radius 2 is 1.86 bits per heavy atom. The predicted molar refractivity (Wildman–Crippen MR) is 56.5 cm³/mol. The molecule has 0 saturated heterocycles. The molecule has 0 atom stereocenters. The molecule has 6 nitrogen and oxygen atoms in total. The summed E-state index contributed by atoms with van der Waals surface area (Å²) in [7, 11) is 1.77. The van der Waals surface area contributed by atoms with Crippen LogP contribution in [-0.4, -0.2) is 19.5 Å². The molecule has 0 fully saturated rings. The summed E-state index contributed by atoms with van der Waals surface area (Å²) in [6.45, 7) is 4.00. The third-order valence-electron chi connectivity index (χ3n) is 1.72. The summed E-state index contributed by atoms with van der Waals surface area (Å²) in [6.07, 6.45) is 1.39. The average Bonchev–Trinajstić information content (AvgIpc) is 2.50. The van der Waals surface area contributed by atoms with E-state index in [1.165, 1.54) is 6.33 Å². The van der Waals surface area contributed by atoms with E-state index in [1.807, 2.05) is 13.8 Å². The molecule has 4 N–H and O–H groups in total. The molecule has 2 aromatic heterocycles. The Morgan fingerprint density at radius 1 is 1.21 bits per heavy atom. The first-order valence-corrected chi connectivity index (χ1v) is 4.38. The normalized spacial score (nSPS) is 9.64. The quantitative estimate of drug-likeness (QED) is 0.638. The van der Waals surface area contributed by atoms with Crippen LogP contribution in [0.25, 0.3) is 11.2 Å². The van der Waals surface area contributed by atoms with E-state index >= 15 is 0 Å². The first-order valence-electron chi connectivity index (χ1n) is 4.38. The first kappa shape index (κ1) is 10.2. The molecule has 2 aromatic rings. The first-order chi connectivity index (χ1) is 6.70. The van der Waals surface area contributed by atoms with E-state index in [1.54, 1.807) is 11.6 Å². The summed E-state index contributed by atoms with van der Waals surface area (Å²) >= 11 is 0. The van der Waals surface area contributed by atoms with Gasteiger partial charge in [-0.15, -0.1) is 0 Å². The molecule has 0 aliphatic heterocycles. The zero-order chi connectivity index (χ0) is 10.7. The van der Waals surface area contributed by atoms with Crippen molar-refractivity contribution in [1.29, 1.82) is 0 Å². The van der Waals surface area contributed by atoms with Gasteiger partial charge in [-0.1, -0.05) is 13.8 Å². The minimum atomic E-state index is 0.354. The predicted octanol–water partition coefficient (Wildman–Crippen LogP) is 0.554. The van der Waals surface area contributed by atoms with E-state index in [2.05, 4.69) is 15.0 Å². The summed E-state index contributed by atoms with van der Waals surface area (Å²) in [5.74, 6) is 0.740. The summed E-state index contributed by atoms with van der Waals surface area (Å²) in [6, 6.07) is 0. The highest BCUT2D eigenvalue weighted by Crippen LogP contribution is 2.16. The highest BCUT2D eigenvalue weighted by atomic mass is 15.2. The fourth-order valence-electron chi connectivity index (χ4n) is 1.03. The highest BCUT2D eigenvalue weighted by Gasteiger charge is 2.08. The van der Waals surface area contributed by atoms with Crippen LogP contribution >= 0.6 is 0 Å². The molecule has 0 amide bonds. The second-order valence-corrected chi connectivity index (χ2v) is 2.46. The molecular formula is C8H14N6. The van der Waals surface area contributed by atoms with Gasteiger partial charge >= 0.3 is 0 Å². The number of nitrogens with two attached hydrogens (primary N) is 2. The number of fused-ring (bicyclic) bond motifs is 1. The SMILES string of the molecule is CC.Cn1c(N)nc2c(N)ncnc21. The number of nitrogen functional groups attached to an aromatic ring is 2. The number of nitrogens with zero attached hydrogens (tertiary/aromatic N) is 4. The second kappa shape index (κ2) is 3.91. The average molecular weight is 194 g/mol. The minimum absolute atomic E-state index is 0.354. The molecule has 0 bridgehead atoms. The van der Waals surface area contributed by atoms with E-state index in [0.717, 1.165) is 0 Å². The Balaban J connectivity index is 0.000000461. The molecular weight excluding hydrogens is 180 g/mol. The Bertz CT molecular complexity index is 433. The molecule has 6 heteroatoms. The van der Waals surface area contributed by atoms with Gasteiger partial charge in [0.05, 0.1) is 0 Å². The standard InChI is InChI=1S/C6H8N6.C2H6/c1-12-5-3(11-6(12)8)4(7)9-2-10-5;1-2/h2H,1H3,(H2,8,11)(H2,7,9,10);1-2H3. The van der Waals surface area contributed by atoms with Crippen LogP contribution in [0.4, 0.5) is 11.8 Å². The molecule has 2 rings (SSSR count). The molecule has 0 unspecified atom stereocenters. The van der Waals surface area contributed by atoms with Crippen molar-refractivity contribution in [2.45, 2.75) is 13.8 Å². The molecule has 2 heterocycles. The lowest BCUT2D eigenvalue weighted by molar-refractivity contribution is 0.944. The fraction of sp³-hybridized carbons (Fsp3) is 0.375. The fourth-order valence-corrected chi connectivity index (χ4v) is 1.03. The number of imidazole rings is 1. The summed E-state index contributed by atoms with van der Waals surface area (Å²) in [4.78, 5) is 11.8. The molecule has 0 aromatic carbocycles. The maximum atomic E-state index is 5.56. The van der Waals surface area contributed by atoms with Gasteiger partial charge in [0.1, 0.15) is 6.33 Å². The van der Waals surface area contributed by atoms with Crippen molar-refractivity contribution in [3.63, 3.8) is 0 Å². The van der Waals surface area contributed by atoms with Crippen LogP contribution in [0.1, 0.15) is 13.8 Å². The van der Waals surface area contributed by atoms with Crippen molar-refractivity contribution in [3.8, 4) is 0 Å².